The van der Waals surface area contributed by atoms with Gasteiger partial charge in [0.2, 0.25) is 0 Å². The van der Waals surface area contributed by atoms with Crippen LogP contribution >= 0.6 is 0 Å². The lowest BCUT2D eigenvalue weighted by Gasteiger charge is -2.15. The van der Waals surface area contributed by atoms with E-state index in [1.54, 1.807) is 36.7 Å². The van der Waals surface area contributed by atoms with Gasteiger partial charge in [-0.3, -0.25) is 9.78 Å². The molecule has 6 heteroatoms. The van der Waals surface area contributed by atoms with Crippen LogP contribution in [-0.2, 0) is 9.84 Å². The molecule has 0 bridgehead atoms. The van der Waals surface area contributed by atoms with Gasteiger partial charge in [0.15, 0.2) is 9.84 Å². The largest absolute Gasteiger partial charge is 0.345 e. The van der Waals surface area contributed by atoms with E-state index in [2.05, 4.69) is 10.3 Å². The number of amides is 1. The van der Waals surface area contributed by atoms with E-state index in [1.165, 1.54) is 12.1 Å². The van der Waals surface area contributed by atoms with Crippen LogP contribution in [0, 0.1) is 0 Å². The highest BCUT2D eigenvalue weighted by Gasteiger charge is 2.19. The number of nitrogens with zero attached hydrogens (tertiary/aromatic N) is 1. The molecule has 0 fully saturated rings. The lowest BCUT2D eigenvalue weighted by Crippen LogP contribution is -2.28. The Morgan fingerprint density at radius 3 is 2.38 bits per heavy atom. The molecule has 21 heavy (non-hydrogen) atoms. The maximum absolute atomic E-state index is 12.3. The van der Waals surface area contributed by atoms with Crippen LogP contribution in [0.1, 0.15) is 28.9 Å². The Kier molecular flexibility index (Phi) is 4.37. The second-order valence-corrected chi connectivity index (χ2v) is 6.73. The first kappa shape index (κ1) is 15.2. The van der Waals surface area contributed by atoms with Gasteiger partial charge in [0.25, 0.3) is 5.91 Å². The third-order valence-electron chi connectivity index (χ3n) is 3.08. The Balaban J connectivity index is 2.26. The summed E-state index contributed by atoms with van der Waals surface area (Å²) in [5, 5.41) is 2.79. The molecule has 1 heterocycles. The first-order valence-corrected chi connectivity index (χ1v) is 8.28. The zero-order valence-corrected chi connectivity index (χ0v) is 12.6. The minimum atomic E-state index is -3.45. The number of hydrogen-bond donors (Lipinski definition) is 1. The molecule has 1 atom stereocenters. The molecule has 0 aliphatic heterocycles. The third kappa shape index (κ3) is 3.66. The van der Waals surface area contributed by atoms with Gasteiger partial charge in [-0.1, -0.05) is 12.1 Å². The van der Waals surface area contributed by atoms with E-state index in [0.717, 1.165) is 11.8 Å². The topological polar surface area (TPSA) is 76.1 Å². The highest BCUT2D eigenvalue weighted by Crippen LogP contribution is 2.17. The number of carbonyl (C=O) groups excluding carboxylic acids is 1. The van der Waals surface area contributed by atoms with Crippen molar-refractivity contribution in [2.24, 2.45) is 0 Å². The summed E-state index contributed by atoms with van der Waals surface area (Å²) in [6, 6.07) is 9.53. The summed E-state index contributed by atoms with van der Waals surface area (Å²) in [5.74, 6) is -0.416. The molecule has 2 aromatic rings. The maximum atomic E-state index is 12.3. The van der Waals surface area contributed by atoms with Crippen molar-refractivity contribution in [2.75, 3.05) is 6.26 Å². The van der Waals surface area contributed by atoms with Gasteiger partial charge in [0.05, 0.1) is 16.5 Å². The predicted octanol–water partition coefficient (Wildman–Crippen LogP) is 1.98. The molecule has 0 aliphatic rings. The number of rotatable bonds is 4. The Labute approximate surface area is 124 Å². The summed E-state index contributed by atoms with van der Waals surface area (Å²) in [6.45, 7) is 1.83. The van der Waals surface area contributed by atoms with Gasteiger partial charge < -0.3 is 5.32 Å². The number of carbonyl (C=O) groups is 1. The van der Waals surface area contributed by atoms with Crippen LogP contribution < -0.4 is 5.32 Å². The molecule has 0 aliphatic carbocycles. The van der Waals surface area contributed by atoms with Gasteiger partial charge in [0, 0.05) is 18.6 Å². The van der Waals surface area contributed by atoms with Crippen LogP contribution in [0.5, 0.6) is 0 Å². The van der Waals surface area contributed by atoms with Crippen LogP contribution in [0.4, 0.5) is 0 Å². The van der Waals surface area contributed by atoms with Crippen LogP contribution in [0.2, 0.25) is 0 Å². The standard InChI is InChI=1S/C15H16N2O3S/c1-11(12-7-9-16-10-8-12)17-15(18)13-5-3-4-6-14(13)21(2,19)20/h3-11H,1-2H3,(H,17,18). The van der Waals surface area contributed by atoms with E-state index in [1.807, 2.05) is 6.92 Å². The van der Waals surface area contributed by atoms with Crippen molar-refractivity contribution in [1.29, 1.82) is 0 Å². The van der Waals surface area contributed by atoms with Gasteiger partial charge in [0.1, 0.15) is 0 Å². The number of nitrogens with one attached hydrogen (secondary N) is 1. The minimum Gasteiger partial charge on any atom is -0.345 e. The van der Waals surface area contributed by atoms with E-state index < -0.39 is 15.7 Å². The predicted molar refractivity (Wildman–Crippen MR) is 79.7 cm³/mol. The summed E-state index contributed by atoms with van der Waals surface area (Å²) in [7, 11) is -3.45. The molecule has 5 nitrogen and oxygen atoms in total. The number of pyridine rings is 1. The molecule has 1 aromatic heterocycles. The van der Waals surface area contributed by atoms with Crippen molar-refractivity contribution < 1.29 is 13.2 Å². The molecule has 2 rings (SSSR count). The molecular weight excluding hydrogens is 288 g/mol. The summed E-state index contributed by atoms with van der Waals surface area (Å²) < 4.78 is 23.5. The van der Waals surface area contributed by atoms with Crippen molar-refractivity contribution in [3.05, 3.63) is 59.9 Å². The number of sulfone groups is 1. The molecular formula is C15H16N2O3S. The Hall–Kier alpha value is -2.21. The van der Waals surface area contributed by atoms with E-state index in [9.17, 15) is 13.2 Å². The monoisotopic (exact) mass is 304 g/mol. The molecule has 0 spiro atoms. The average Bonchev–Trinajstić information content (AvgIpc) is 2.47. The first-order valence-electron chi connectivity index (χ1n) is 6.39. The second kappa shape index (κ2) is 6.05. The smallest absolute Gasteiger partial charge is 0.253 e. The molecule has 0 radical (unpaired) electrons. The molecule has 110 valence electrons. The van der Waals surface area contributed by atoms with Gasteiger partial charge in [-0.25, -0.2) is 8.42 Å². The van der Waals surface area contributed by atoms with Crippen molar-refractivity contribution >= 4 is 15.7 Å². The fourth-order valence-electron chi connectivity index (χ4n) is 1.99. The molecule has 1 N–H and O–H groups in total. The van der Waals surface area contributed by atoms with Gasteiger partial charge >= 0.3 is 0 Å². The Morgan fingerprint density at radius 1 is 1.14 bits per heavy atom. The van der Waals surface area contributed by atoms with Gasteiger partial charge in [-0.05, 0) is 36.8 Å². The summed E-state index contributed by atoms with van der Waals surface area (Å²) in [4.78, 5) is 16.3. The number of hydrogen-bond acceptors (Lipinski definition) is 4. The normalized spacial score (nSPS) is 12.7. The fraction of sp³-hybridized carbons (Fsp3) is 0.200. The van der Waals surface area contributed by atoms with Crippen LogP contribution in [0.3, 0.4) is 0 Å². The quantitative estimate of drug-likeness (QED) is 0.937. The van der Waals surface area contributed by atoms with Crippen LogP contribution in [-0.4, -0.2) is 25.6 Å². The average molecular weight is 304 g/mol. The zero-order chi connectivity index (χ0) is 15.5. The highest BCUT2D eigenvalue weighted by molar-refractivity contribution is 7.90. The third-order valence-corrected chi connectivity index (χ3v) is 4.24. The van der Waals surface area contributed by atoms with Crippen LogP contribution in [0.15, 0.2) is 53.7 Å². The summed E-state index contributed by atoms with van der Waals surface area (Å²) in [6.07, 6.45) is 4.37. The summed E-state index contributed by atoms with van der Waals surface area (Å²) >= 11 is 0. The van der Waals surface area contributed by atoms with Crippen LogP contribution in [0.25, 0.3) is 0 Å². The first-order chi connectivity index (χ1) is 9.89. The second-order valence-electron chi connectivity index (χ2n) is 4.74. The Bertz CT molecular complexity index is 743. The summed E-state index contributed by atoms with van der Waals surface area (Å²) in [5.41, 5.74) is 1.05. The Morgan fingerprint density at radius 2 is 1.76 bits per heavy atom. The molecule has 0 saturated heterocycles. The van der Waals surface area contributed by atoms with Gasteiger partial charge in [-0.15, -0.1) is 0 Å². The van der Waals surface area contributed by atoms with Gasteiger partial charge in [-0.2, -0.15) is 0 Å². The number of benzene rings is 1. The molecule has 1 aromatic carbocycles. The van der Waals surface area contributed by atoms with Crippen molar-refractivity contribution in [2.45, 2.75) is 17.9 Å². The van der Waals surface area contributed by atoms with Crippen molar-refractivity contribution in [1.82, 2.24) is 10.3 Å². The number of aromatic nitrogens is 1. The zero-order valence-electron chi connectivity index (χ0n) is 11.8. The lowest BCUT2D eigenvalue weighted by atomic mass is 10.1. The van der Waals surface area contributed by atoms with E-state index in [4.69, 9.17) is 0 Å². The van der Waals surface area contributed by atoms with E-state index in [-0.39, 0.29) is 16.5 Å². The molecule has 1 unspecified atom stereocenters. The highest BCUT2D eigenvalue weighted by atomic mass is 32.2. The molecule has 0 saturated carbocycles. The van der Waals surface area contributed by atoms with Crippen molar-refractivity contribution in [3.63, 3.8) is 0 Å². The van der Waals surface area contributed by atoms with Crippen molar-refractivity contribution in [3.8, 4) is 0 Å². The molecule has 1 amide bonds. The maximum Gasteiger partial charge on any atom is 0.253 e. The van der Waals surface area contributed by atoms with E-state index >= 15 is 0 Å². The van der Waals surface area contributed by atoms with E-state index in [0.29, 0.717) is 0 Å². The minimum absolute atomic E-state index is 0.0319. The lowest BCUT2D eigenvalue weighted by molar-refractivity contribution is 0.0936. The SMILES string of the molecule is CC(NC(=O)c1ccccc1S(C)(=O)=O)c1ccncc1. The fourth-order valence-corrected chi connectivity index (χ4v) is 2.87.